The fourth-order valence-electron chi connectivity index (χ4n) is 6.40. The zero-order valence-corrected chi connectivity index (χ0v) is 19.1. The molecule has 3 rings (SSSR count). The van der Waals surface area contributed by atoms with Crippen LogP contribution in [0, 0.1) is 22.7 Å². The second kappa shape index (κ2) is 9.52. The van der Waals surface area contributed by atoms with E-state index in [4.69, 9.17) is 4.74 Å². The normalized spacial score (nSPS) is 33.5. The molecule has 1 aromatic rings. The molecule has 168 valence electrons. The van der Waals surface area contributed by atoms with E-state index in [9.17, 15) is 14.7 Å². The summed E-state index contributed by atoms with van der Waals surface area (Å²) in [6, 6.07) is 9.10. The van der Waals surface area contributed by atoms with Gasteiger partial charge in [0.25, 0.3) is 0 Å². The summed E-state index contributed by atoms with van der Waals surface area (Å²) in [5, 5.41) is 10.4. The first-order valence-corrected chi connectivity index (χ1v) is 11.4. The first kappa shape index (κ1) is 23.5. The minimum absolute atomic E-state index is 0.0530. The standard InChI is InChI=1S/C27H36O4/c1-19(13-16-28)11-12-22-20(2)17-23(31-25(30)21-9-6-5-7-10-21)24-26(3,18-29)14-8-15-27(22,24)4/h5-7,9-10,13,16,22-24,29H,2,8,11-12,14-15,17-18H2,1,3-4H3. The second-order valence-electron chi connectivity index (χ2n) is 10.1. The molecule has 5 atom stereocenters. The van der Waals surface area contributed by atoms with Crippen molar-refractivity contribution in [3.05, 3.63) is 59.7 Å². The van der Waals surface area contributed by atoms with Gasteiger partial charge in [-0.2, -0.15) is 0 Å². The Bertz CT molecular complexity index is 842. The van der Waals surface area contributed by atoms with Gasteiger partial charge in [-0.05, 0) is 67.6 Å². The van der Waals surface area contributed by atoms with Crippen LogP contribution in [0.3, 0.4) is 0 Å². The number of aliphatic hydroxyl groups excluding tert-OH is 1. The number of esters is 1. The van der Waals surface area contributed by atoms with Crippen LogP contribution < -0.4 is 0 Å². The molecule has 2 aliphatic rings. The maximum atomic E-state index is 12.9. The maximum absolute atomic E-state index is 12.9. The Balaban J connectivity index is 1.92. The molecule has 0 amide bonds. The SMILES string of the molecule is C=C1CC(OC(=O)c2ccccc2)C2C(C)(CO)CCCC2(C)C1CCC(C)=CC=O. The van der Waals surface area contributed by atoms with Crippen LogP contribution in [-0.4, -0.2) is 30.1 Å². The van der Waals surface area contributed by atoms with Gasteiger partial charge < -0.3 is 9.84 Å². The smallest absolute Gasteiger partial charge is 0.338 e. The quantitative estimate of drug-likeness (QED) is 0.271. The highest BCUT2D eigenvalue weighted by molar-refractivity contribution is 5.89. The number of carbonyl (C=O) groups is 2. The van der Waals surface area contributed by atoms with Gasteiger partial charge in [0, 0.05) is 18.9 Å². The topological polar surface area (TPSA) is 63.6 Å². The summed E-state index contributed by atoms with van der Waals surface area (Å²) in [5.74, 6) is 0.0115. The summed E-state index contributed by atoms with van der Waals surface area (Å²) < 4.78 is 6.12. The predicted molar refractivity (Wildman–Crippen MR) is 123 cm³/mol. The van der Waals surface area contributed by atoms with Crippen molar-refractivity contribution in [2.75, 3.05) is 6.61 Å². The number of allylic oxidation sites excluding steroid dienone is 2. The van der Waals surface area contributed by atoms with Crippen molar-refractivity contribution in [1.82, 2.24) is 0 Å². The molecule has 0 aliphatic heterocycles. The third-order valence-electron chi connectivity index (χ3n) is 7.86. The Morgan fingerprint density at radius 3 is 2.61 bits per heavy atom. The molecule has 0 spiro atoms. The number of benzene rings is 1. The van der Waals surface area contributed by atoms with E-state index in [0.29, 0.717) is 12.0 Å². The zero-order valence-electron chi connectivity index (χ0n) is 19.1. The van der Waals surface area contributed by atoms with Gasteiger partial charge in [0.2, 0.25) is 0 Å². The van der Waals surface area contributed by atoms with Crippen molar-refractivity contribution >= 4 is 12.3 Å². The zero-order chi connectivity index (χ0) is 22.6. The van der Waals surface area contributed by atoms with Gasteiger partial charge in [-0.3, -0.25) is 4.79 Å². The molecule has 0 heterocycles. The number of aldehydes is 1. The molecular formula is C27H36O4. The number of fused-ring (bicyclic) bond motifs is 1. The van der Waals surface area contributed by atoms with Crippen LogP contribution in [0.2, 0.25) is 0 Å². The average molecular weight is 425 g/mol. The number of carbonyl (C=O) groups excluding carboxylic acids is 2. The van der Waals surface area contributed by atoms with Crippen molar-refractivity contribution in [2.45, 2.75) is 65.4 Å². The molecule has 0 bridgehead atoms. The number of rotatable bonds is 7. The number of hydrogen-bond acceptors (Lipinski definition) is 4. The predicted octanol–water partition coefficient (Wildman–Crippen LogP) is 5.52. The van der Waals surface area contributed by atoms with Crippen LogP contribution in [0.5, 0.6) is 0 Å². The van der Waals surface area contributed by atoms with E-state index in [1.807, 2.05) is 25.1 Å². The van der Waals surface area contributed by atoms with Crippen molar-refractivity contribution in [1.29, 1.82) is 0 Å². The van der Waals surface area contributed by atoms with Crippen LogP contribution in [0.1, 0.15) is 69.7 Å². The lowest BCUT2D eigenvalue weighted by atomic mass is 9.46. The summed E-state index contributed by atoms with van der Waals surface area (Å²) >= 11 is 0. The molecule has 1 N–H and O–H groups in total. The van der Waals surface area contributed by atoms with Gasteiger partial charge in [-0.1, -0.05) is 56.2 Å². The Kier molecular flexibility index (Phi) is 7.20. The largest absolute Gasteiger partial charge is 0.458 e. The minimum atomic E-state index is -0.310. The van der Waals surface area contributed by atoms with E-state index in [-0.39, 0.29) is 41.3 Å². The number of hydrogen-bond donors (Lipinski definition) is 1. The highest BCUT2D eigenvalue weighted by Gasteiger charge is 2.59. The van der Waals surface area contributed by atoms with Gasteiger partial charge >= 0.3 is 5.97 Å². The summed E-state index contributed by atoms with van der Waals surface area (Å²) in [5.41, 5.74) is 2.31. The van der Waals surface area contributed by atoms with E-state index >= 15 is 0 Å². The van der Waals surface area contributed by atoms with E-state index in [1.54, 1.807) is 18.2 Å². The Hall–Kier alpha value is -2.20. The molecule has 1 aromatic carbocycles. The number of ether oxygens (including phenoxy) is 1. The van der Waals surface area contributed by atoms with Crippen LogP contribution >= 0.6 is 0 Å². The van der Waals surface area contributed by atoms with Gasteiger partial charge in [0.05, 0.1) is 5.56 Å². The summed E-state index contributed by atoms with van der Waals surface area (Å²) in [7, 11) is 0. The lowest BCUT2D eigenvalue weighted by Crippen LogP contribution is -2.58. The second-order valence-corrected chi connectivity index (χ2v) is 10.1. The van der Waals surface area contributed by atoms with Gasteiger partial charge in [-0.15, -0.1) is 0 Å². The number of aliphatic hydroxyl groups is 1. The fraction of sp³-hybridized carbons (Fsp3) is 0.556. The highest BCUT2D eigenvalue weighted by atomic mass is 16.5. The first-order chi connectivity index (χ1) is 14.7. The van der Waals surface area contributed by atoms with E-state index in [2.05, 4.69) is 20.4 Å². The molecule has 5 unspecified atom stereocenters. The summed E-state index contributed by atoms with van der Waals surface area (Å²) in [6.07, 6.45) is 7.54. The Labute approximate surface area is 186 Å². The third-order valence-corrected chi connectivity index (χ3v) is 7.86. The third kappa shape index (κ3) is 4.69. The van der Waals surface area contributed by atoms with Crippen molar-refractivity contribution < 1.29 is 19.4 Å². The van der Waals surface area contributed by atoms with E-state index in [1.165, 1.54) is 0 Å². The lowest BCUT2D eigenvalue weighted by Gasteiger charge is -2.60. The highest BCUT2D eigenvalue weighted by Crippen LogP contribution is 2.62. The van der Waals surface area contributed by atoms with Crippen molar-refractivity contribution in [2.24, 2.45) is 22.7 Å². The van der Waals surface area contributed by atoms with E-state index < -0.39 is 0 Å². The van der Waals surface area contributed by atoms with Crippen LogP contribution in [0.25, 0.3) is 0 Å². The monoisotopic (exact) mass is 424 g/mol. The molecule has 0 saturated heterocycles. The Morgan fingerprint density at radius 1 is 1.26 bits per heavy atom. The lowest BCUT2D eigenvalue weighted by molar-refractivity contribution is -0.145. The molecule has 2 fully saturated rings. The van der Waals surface area contributed by atoms with Gasteiger partial charge in [-0.25, -0.2) is 4.79 Å². The minimum Gasteiger partial charge on any atom is -0.458 e. The first-order valence-electron chi connectivity index (χ1n) is 11.4. The van der Waals surface area contributed by atoms with Crippen molar-refractivity contribution in [3.8, 4) is 0 Å². The van der Waals surface area contributed by atoms with Crippen LogP contribution in [0.15, 0.2) is 54.1 Å². The van der Waals surface area contributed by atoms with Crippen LogP contribution in [0.4, 0.5) is 0 Å². The molecule has 2 aliphatic carbocycles. The molecule has 0 radical (unpaired) electrons. The maximum Gasteiger partial charge on any atom is 0.338 e. The van der Waals surface area contributed by atoms with Gasteiger partial charge in [0.1, 0.15) is 12.4 Å². The molecule has 31 heavy (non-hydrogen) atoms. The summed E-state index contributed by atoms with van der Waals surface area (Å²) in [6.45, 7) is 10.9. The molecule has 4 nitrogen and oxygen atoms in total. The summed E-state index contributed by atoms with van der Waals surface area (Å²) in [4.78, 5) is 23.7. The van der Waals surface area contributed by atoms with Crippen molar-refractivity contribution in [3.63, 3.8) is 0 Å². The molecular weight excluding hydrogens is 388 g/mol. The van der Waals surface area contributed by atoms with Crippen LogP contribution in [-0.2, 0) is 9.53 Å². The van der Waals surface area contributed by atoms with Gasteiger partial charge in [0.15, 0.2) is 0 Å². The molecule has 4 heteroatoms. The average Bonchev–Trinajstić information content (AvgIpc) is 2.73. The molecule has 2 saturated carbocycles. The Morgan fingerprint density at radius 2 is 1.97 bits per heavy atom. The van der Waals surface area contributed by atoms with E-state index in [0.717, 1.165) is 49.5 Å². The fourth-order valence-corrected chi connectivity index (χ4v) is 6.40. The molecule has 0 aromatic heterocycles.